The number of nitrogens with one attached hydrogen (secondary N) is 1. The van der Waals surface area contributed by atoms with Crippen molar-refractivity contribution in [3.05, 3.63) is 47.3 Å². The van der Waals surface area contributed by atoms with Crippen LogP contribution in [0.4, 0.5) is 10.1 Å². The molecule has 1 heterocycles. The van der Waals surface area contributed by atoms with E-state index in [1.165, 1.54) is 18.9 Å². The van der Waals surface area contributed by atoms with Crippen LogP contribution in [-0.4, -0.2) is 9.55 Å². The molecule has 1 aromatic carbocycles. The number of hydrogen-bond acceptors (Lipinski definition) is 2. The first kappa shape index (κ1) is 11.5. The zero-order chi connectivity index (χ0) is 12.5. The van der Waals surface area contributed by atoms with Crippen molar-refractivity contribution in [3.63, 3.8) is 0 Å². The Balaban J connectivity index is 1.69. The topological polar surface area (TPSA) is 29.9 Å². The maximum absolute atomic E-state index is 13.3. The number of hydrogen-bond donors (Lipinski definition) is 1. The lowest BCUT2D eigenvalue weighted by molar-refractivity contribution is 0.628. The Morgan fingerprint density at radius 3 is 3.00 bits per heavy atom. The van der Waals surface area contributed by atoms with Crippen LogP contribution in [0.5, 0.6) is 0 Å². The molecule has 0 aliphatic heterocycles. The number of halogens is 2. The van der Waals surface area contributed by atoms with Crippen molar-refractivity contribution < 1.29 is 4.39 Å². The van der Waals surface area contributed by atoms with Crippen molar-refractivity contribution in [2.45, 2.75) is 25.4 Å². The highest BCUT2D eigenvalue weighted by Gasteiger charge is 2.24. The first-order valence-corrected chi connectivity index (χ1v) is 6.31. The first-order chi connectivity index (χ1) is 8.74. The van der Waals surface area contributed by atoms with E-state index in [1.54, 1.807) is 12.1 Å². The minimum absolute atomic E-state index is 0.142. The molecule has 0 unspecified atom stereocenters. The maximum Gasteiger partial charge on any atom is 0.143 e. The molecule has 5 heteroatoms. The van der Waals surface area contributed by atoms with Gasteiger partial charge in [0.2, 0.25) is 0 Å². The van der Waals surface area contributed by atoms with E-state index < -0.39 is 5.82 Å². The van der Waals surface area contributed by atoms with E-state index in [9.17, 15) is 4.39 Å². The third kappa shape index (κ3) is 2.34. The average molecular weight is 266 g/mol. The van der Waals surface area contributed by atoms with E-state index in [1.807, 2.05) is 12.5 Å². The van der Waals surface area contributed by atoms with Gasteiger partial charge in [-0.3, -0.25) is 0 Å². The summed E-state index contributed by atoms with van der Waals surface area (Å²) < 4.78 is 15.5. The smallest absolute Gasteiger partial charge is 0.143 e. The van der Waals surface area contributed by atoms with E-state index in [0.29, 0.717) is 12.6 Å². The molecule has 94 valence electrons. The van der Waals surface area contributed by atoms with Crippen LogP contribution in [0.15, 0.2) is 30.7 Å². The highest BCUT2D eigenvalue weighted by Crippen LogP contribution is 2.35. The molecule has 0 bridgehead atoms. The summed E-state index contributed by atoms with van der Waals surface area (Å²) in [4.78, 5) is 4.16. The Bertz CT molecular complexity index is 563. The number of aromatic nitrogens is 2. The SMILES string of the molecule is Fc1cc(NCc2cncn2C2CC2)ccc1Cl. The lowest BCUT2D eigenvalue weighted by Crippen LogP contribution is -2.06. The second-order valence-corrected chi connectivity index (χ2v) is 4.91. The monoisotopic (exact) mass is 265 g/mol. The summed E-state index contributed by atoms with van der Waals surface area (Å²) >= 11 is 5.64. The fourth-order valence-corrected chi connectivity index (χ4v) is 2.07. The molecule has 1 aliphatic rings. The van der Waals surface area contributed by atoms with E-state index in [2.05, 4.69) is 14.9 Å². The molecule has 0 spiro atoms. The number of nitrogens with zero attached hydrogens (tertiary/aromatic N) is 2. The zero-order valence-electron chi connectivity index (χ0n) is 9.74. The minimum atomic E-state index is -0.405. The summed E-state index contributed by atoms with van der Waals surface area (Å²) in [6.07, 6.45) is 6.15. The van der Waals surface area contributed by atoms with Gasteiger partial charge >= 0.3 is 0 Å². The summed E-state index contributed by atoms with van der Waals surface area (Å²) in [6, 6.07) is 5.33. The summed E-state index contributed by atoms with van der Waals surface area (Å²) in [6.45, 7) is 0.636. The zero-order valence-corrected chi connectivity index (χ0v) is 10.5. The minimum Gasteiger partial charge on any atom is -0.379 e. The van der Waals surface area contributed by atoms with Gasteiger partial charge in [-0.15, -0.1) is 0 Å². The van der Waals surface area contributed by atoms with E-state index in [4.69, 9.17) is 11.6 Å². The molecule has 2 aromatic rings. The van der Waals surface area contributed by atoms with E-state index >= 15 is 0 Å². The van der Waals surface area contributed by atoms with Crippen LogP contribution in [0.3, 0.4) is 0 Å². The third-order valence-corrected chi connectivity index (χ3v) is 3.39. The van der Waals surface area contributed by atoms with Crippen LogP contribution < -0.4 is 5.32 Å². The number of imidazole rings is 1. The van der Waals surface area contributed by atoms with Gasteiger partial charge in [-0.1, -0.05) is 11.6 Å². The highest BCUT2D eigenvalue weighted by molar-refractivity contribution is 6.30. The molecule has 1 aromatic heterocycles. The highest BCUT2D eigenvalue weighted by atomic mass is 35.5. The molecule has 3 rings (SSSR count). The maximum atomic E-state index is 13.3. The Labute approximate surface area is 110 Å². The predicted octanol–water partition coefficient (Wildman–Crippen LogP) is 3.62. The van der Waals surface area contributed by atoms with Crippen LogP contribution in [0.1, 0.15) is 24.6 Å². The van der Waals surface area contributed by atoms with Gasteiger partial charge in [0.25, 0.3) is 0 Å². The van der Waals surface area contributed by atoms with Gasteiger partial charge in [-0.2, -0.15) is 0 Å². The lowest BCUT2D eigenvalue weighted by atomic mass is 10.3. The number of rotatable bonds is 4. The molecule has 0 amide bonds. The lowest BCUT2D eigenvalue weighted by Gasteiger charge is -2.09. The van der Waals surface area contributed by atoms with E-state index in [-0.39, 0.29) is 5.02 Å². The summed E-state index contributed by atoms with van der Waals surface area (Å²) in [7, 11) is 0. The third-order valence-electron chi connectivity index (χ3n) is 3.08. The van der Waals surface area contributed by atoms with Crippen molar-refractivity contribution in [1.29, 1.82) is 0 Å². The van der Waals surface area contributed by atoms with Gasteiger partial charge in [-0.25, -0.2) is 9.37 Å². The van der Waals surface area contributed by atoms with Crippen molar-refractivity contribution in [1.82, 2.24) is 9.55 Å². The number of benzene rings is 1. The second kappa shape index (κ2) is 4.61. The first-order valence-electron chi connectivity index (χ1n) is 5.93. The van der Waals surface area contributed by atoms with Gasteiger partial charge in [0.15, 0.2) is 0 Å². The van der Waals surface area contributed by atoms with Gasteiger partial charge in [-0.05, 0) is 31.0 Å². The molecule has 0 atom stereocenters. The fourth-order valence-electron chi connectivity index (χ4n) is 1.95. The van der Waals surface area contributed by atoms with E-state index in [0.717, 1.165) is 11.4 Å². The largest absolute Gasteiger partial charge is 0.379 e. The van der Waals surface area contributed by atoms with Crippen LogP contribution in [0.2, 0.25) is 5.02 Å². The van der Waals surface area contributed by atoms with Crippen LogP contribution in [-0.2, 0) is 6.54 Å². The quantitative estimate of drug-likeness (QED) is 0.915. The Kier molecular flexibility index (Phi) is 2.96. The van der Waals surface area contributed by atoms with Crippen molar-refractivity contribution in [3.8, 4) is 0 Å². The second-order valence-electron chi connectivity index (χ2n) is 4.51. The summed E-state index contributed by atoms with van der Waals surface area (Å²) in [5, 5.41) is 3.32. The molecule has 1 aliphatic carbocycles. The molecule has 1 N–H and O–H groups in total. The van der Waals surface area contributed by atoms with Gasteiger partial charge in [0, 0.05) is 17.9 Å². The van der Waals surface area contributed by atoms with Crippen molar-refractivity contribution >= 4 is 17.3 Å². The summed E-state index contributed by atoms with van der Waals surface area (Å²) in [5.41, 5.74) is 1.84. The molecule has 3 nitrogen and oxygen atoms in total. The predicted molar refractivity (Wildman–Crippen MR) is 69.2 cm³/mol. The van der Waals surface area contributed by atoms with Crippen LogP contribution in [0.25, 0.3) is 0 Å². The molecular weight excluding hydrogens is 253 g/mol. The van der Waals surface area contributed by atoms with Gasteiger partial charge < -0.3 is 9.88 Å². The average Bonchev–Trinajstić information content (AvgIpc) is 3.10. The molecule has 18 heavy (non-hydrogen) atoms. The fraction of sp³-hybridized carbons (Fsp3) is 0.308. The molecule has 1 fully saturated rings. The Morgan fingerprint density at radius 2 is 2.28 bits per heavy atom. The molecular formula is C13H13ClFN3. The molecule has 0 radical (unpaired) electrons. The number of anilines is 1. The van der Waals surface area contributed by atoms with Crippen molar-refractivity contribution in [2.24, 2.45) is 0 Å². The standard InChI is InChI=1S/C13H13ClFN3/c14-12-4-1-9(5-13(12)15)17-7-11-6-16-8-18(11)10-2-3-10/h1,4-6,8,10,17H,2-3,7H2. The Hall–Kier alpha value is -1.55. The molecule has 0 saturated heterocycles. The summed E-state index contributed by atoms with van der Waals surface area (Å²) in [5.74, 6) is -0.405. The Morgan fingerprint density at radius 1 is 1.44 bits per heavy atom. The van der Waals surface area contributed by atoms with Crippen molar-refractivity contribution in [2.75, 3.05) is 5.32 Å². The normalized spacial score (nSPS) is 14.8. The van der Waals surface area contributed by atoms with Gasteiger partial charge in [0.05, 0.1) is 23.6 Å². The van der Waals surface area contributed by atoms with Crippen LogP contribution in [0, 0.1) is 5.82 Å². The van der Waals surface area contributed by atoms with Gasteiger partial charge in [0.1, 0.15) is 5.82 Å². The molecule has 1 saturated carbocycles. The van der Waals surface area contributed by atoms with Crippen LogP contribution >= 0.6 is 11.6 Å².